The Kier molecular flexibility index (Phi) is 7.87. The van der Waals surface area contributed by atoms with Gasteiger partial charge in [-0.1, -0.05) is 6.92 Å². The van der Waals surface area contributed by atoms with E-state index in [1.165, 1.54) is 23.5 Å². The predicted molar refractivity (Wildman–Crippen MR) is 158 cm³/mol. The molecule has 4 aromatic rings. The number of amides is 1. The maximum absolute atomic E-state index is 13.4. The molecular formula is C29H35FN8O2S. The Morgan fingerprint density at radius 3 is 2.61 bits per heavy atom. The zero-order valence-corrected chi connectivity index (χ0v) is 24.2. The molecule has 1 unspecified atom stereocenters. The van der Waals surface area contributed by atoms with Crippen LogP contribution in [-0.2, 0) is 11.2 Å². The molecule has 12 heteroatoms. The van der Waals surface area contributed by atoms with Crippen LogP contribution in [-0.4, -0.2) is 99.4 Å². The first-order valence-electron chi connectivity index (χ1n) is 14.2. The highest BCUT2D eigenvalue weighted by Crippen LogP contribution is 2.33. The number of aliphatic hydroxyl groups excluding tert-OH is 1. The van der Waals surface area contributed by atoms with Crippen LogP contribution in [0.4, 0.5) is 21.2 Å². The zero-order chi connectivity index (χ0) is 28.5. The number of aliphatic hydroxyl groups is 1. The third-order valence-corrected chi connectivity index (χ3v) is 8.96. The Morgan fingerprint density at radius 2 is 1.88 bits per heavy atom. The summed E-state index contributed by atoms with van der Waals surface area (Å²) in [5.41, 5.74) is 3.37. The number of imidazole rings is 1. The van der Waals surface area contributed by atoms with Crippen molar-refractivity contribution < 1.29 is 14.3 Å². The summed E-state index contributed by atoms with van der Waals surface area (Å²) in [5.74, 6) is 1.58. The van der Waals surface area contributed by atoms with Crippen LogP contribution >= 0.6 is 11.3 Å². The maximum atomic E-state index is 13.4. The van der Waals surface area contributed by atoms with E-state index in [9.17, 15) is 14.3 Å². The molecule has 2 fully saturated rings. The number of aryl methyl sites for hydroxylation is 1. The molecule has 0 bridgehead atoms. The van der Waals surface area contributed by atoms with E-state index in [-0.39, 0.29) is 24.4 Å². The number of benzene rings is 1. The van der Waals surface area contributed by atoms with Crippen molar-refractivity contribution in [2.75, 3.05) is 62.7 Å². The minimum atomic E-state index is -0.269. The minimum Gasteiger partial charge on any atom is -0.394 e. The lowest BCUT2D eigenvalue weighted by molar-refractivity contribution is -0.134. The van der Waals surface area contributed by atoms with Gasteiger partial charge in [0.1, 0.15) is 11.6 Å². The second kappa shape index (κ2) is 11.7. The van der Waals surface area contributed by atoms with Crippen molar-refractivity contribution >= 4 is 39.7 Å². The predicted octanol–water partition coefficient (Wildman–Crippen LogP) is 3.43. The van der Waals surface area contributed by atoms with Gasteiger partial charge in [-0.15, -0.1) is 16.4 Å². The van der Waals surface area contributed by atoms with Gasteiger partial charge in [0.05, 0.1) is 30.6 Å². The molecule has 0 radical (unpaired) electrons. The fraction of sp³-hybridized carbons (Fsp3) is 0.448. The molecule has 216 valence electrons. The van der Waals surface area contributed by atoms with E-state index in [0.717, 1.165) is 91.4 Å². The number of nitrogens with zero attached hydrogens (tertiary/aromatic N) is 8. The lowest BCUT2D eigenvalue weighted by Crippen LogP contribution is -2.51. The van der Waals surface area contributed by atoms with E-state index in [0.29, 0.717) is 6.54 Å². The van der Waals surface area contributed by atoms with Gasteiger partial charge in [0.2, 0.25) is 5.91 Å². The summed E-state index contributed by atoms with van der Waals surface area (Å²) in [5, 5.41) is 17.4. The number of halogens is 1. The molecule has 41 heavy (non-hydrogen) atoms. The van der Waals surface area contributed by atoms with Crippen LogP contribution in [0.1, 0.15) is 25.5 Å². The summed E-state index contributed by atoms with van der Waals surface area (Å²) in [6, 6.07) is 10.3. The SMILES string of the molecule is CCc1nc2ccc(N3CCN(CC(=O)N4CCCC4CO)CC3)nn2c1N(C)c1nc(-c2ccc(F)cc2)cs1. The normalized spacial score (nSPS) is 18.0. The first kappa shape index (κ1) is 27.6. The topological polar surface area (TPSA) is 93.3 Å². The van der Waals surface area contributed by atoms with Crippen molar-refractivity contribution in [1.29, 1.82) is 0 Å². The second-order valence-corrected chi connectivity index (χ2v) is 11.4. The molecule has 2 aliphatic rings. The quantitative estimate of drug-likeness (QED) is 0.340. The van der Waals surface area contributed by atoms with E-state index >= 15 is 0 Å². The number of anilines is 3. The molecule has 10 nitrogen and oxygen atoms in total. The van der Waals surface area contributed by atoms with Gasteiger partial charge in [-0.05, 0) is 55.7 Å². The Bertz CT molecular complexity index is 1520. The number of hydrogen-bond acceptors (Lipinski definition) is 9. The van der Waals surface area contributed by atoms with Crippen molar-refractivity contribution in [3.63, 3.8) is 0 Å². The summed E-state index contributed by atoms with van der Waals surface area (Å²) in [4.78, 5) is 30.8. The second-order valence-electron chi connectivity index (χ2n) is 10.6. The Hall–Kier alpha value is -3.61. The summed E-state index contributed by atoms with van der Waals surface area (Å²) >= 11 is 1.52. The smallest absolute Gasteiger partial charge is 0.237 e. The van der Waals surface area contributed by atoms with Crippen molar-refractivity contribution in [2.24, 2.45) is 0 Å². The van der Waals surface area contributed by atoms with Crippen molar-refractivity contribution in [1.82, 2.24) is 29.4 Å². The molecule has 0 aliphatic carbocycles. The number of carbonyl (C=O) groups excluding carboxylic acids is 1. The third kappa shape index (κ3) is 5.51. The monoisotopic (exact) mass is 578 g/mol. The van der Waals surface area contributed by atoms with Crippen LogP contribution < -0.4 is 9.80 Å². The number of thiazole rings is 1. The fourth-order valence-corrected chi connectivity index (χ4v) is 6.53. The summed E-state index contributed by atoms with van der Waals surface area (Å²) in [6.45, 7) is 6.32. The fourth-order valence-electron chi connectivity index (χ4n) is 5.73. The minimum absolute atomic E-state index is 0.0332. The number of hydrogen-bond donors (Lipinski definition) is 1. The first-order valence-corrected chi connectivity index (χ1v) is 15.0. The van der Waals surface area contributed by atoms with Crippen LogP contribution in [0.5, 0.6) is 0 Å². The van der Waals surface area contributed by atoms with E-state index < -0.39 is 0 Å². The summed E-state index contributed by atoms with van der Waals surface area (Å²) in [6.07, 6.45) is 2.59. The van der Waals surface area contributed by atoms with E-state index in [2.05, 4.69) is 16.7 Å². The number of aromatic nitrogens is 4. The maximum Gasteiger partial charge on any atom is 0.237 e. The molecular weight excluding hydrogens is 543 g/mol. The van der Waals surface area contributed by atoms with Gasteiger partial charge in [-0.25, -0.2) is 14.4 Å². The van der Waals surface area contributed by atoms with Gasteiger partial charge in [0.15, 0.2) is 16.6 Å². The molecule has 2 aliphatic heterocycles. The standard InChI is InChI=1S/C29H35FN8O2S/c1-3-23-28(34(2)29-32-24(19-41-29)20-6-8-21(30)9-7-20)38-25(31-23)10-11-26(33-38)36-15-13-35(14-16-36)17-27(40)37-12-4-5-22(37)18-39/h6-11,19,22,39H,3-5,12-18H2,1-2H3. The lowest BCUT2D eigenvalue weighted by atomic mass is 10.2. The van der Waals surface area contributed by atoms with Crippen LogP contribution in [0.25, 0.3) is 16.9 Å². The van der Waals surface area contributed by atoms with Gasteiger partial charge in [0.25, 0.3) is 0 Å². The first-order chi connectivity index (χ1) is 19.9. The van der Waals surface area contributed by atoms with Crippen molar-refractivity contribution in [3.05, 3.63) is 53.3 Å². The summed E-state index contributed by atoms with van der Waals surface area (Å²) < 4.78 is 15.3. The van der Waals surface area contributed by atoms with Gasteiger partial charge >= 0.3 is 0 Å². The molecule has 0 spiro atoms. The van der Waals surface area contributed by atoms with Gasteiger partial charge in [-0.3, -0.25) is 9.69 Å². The number of rotatable bonds is 8. The van der Waals surface area contributed by atoms with Crippen LogP contribution in [0.2, 0.25) is 0 Å². The van der Waals surface area contributed by atoms with Crippen molar-refractivity contribution in [2.45, 2.75) is 32.2 Å². The molecule has 1 amide bonds. The van der Waals surface area contributed by atoms with Crippen molar-refractivity contribution in [3.8, 4) is 11.3 Å². The molecule has 1 N–H and O–H groups in total. The molecule has 1 aromatic carbocycles. The van der Waals surface area contributed by atoms with E-state index in [1.807, 2.05) is 38.9 Å². The molecule has 6 rings (SSSR count). The number of piperazine rings is 1. The largest absolute Gasteiger partial charge is 0.394 e. The van der Waals surface area contributed by atoms with Gasteiger partial charge in [0, 0.05) is 50.7 Å². The van der Waals surface area contributed by atoms with Gasteiger partial charge < -0.3 is 19.8 Å². The Morgan fingerprint density at radius 1 is 1.10 bits per heavy atom. The van der Waals surface area contributed by atoms with E-state index in [4.69, 9.17) is 15.1 Å². The molecule has 3 aromatic heterocycles. The number of fused-ring (bicyclic) bond motifs is 1. The number of likely N-dealkylation sites (tertiary alicyclic amines) is 1. The highest BCUT2D eigenvalue weighted by Gasteiger charge is 2.30. The lowest BCUT2D eigenvalue weighted by Gasteiger charge is -2.36. The van der Waals surface area contributed by atoms with Gasteiger partial charge in [-0.2, -0.15) is 4.52 Å². The third-order valence-electron chi connectivity index (χ3n) is 8.04. The Labute approximate surface area is 242 Å². The van der Waals surface area contributed by atoms with Crippen LogP contribution in [0.3, 0.4) is 0 Å². The molecule has 5 heterocycles. The molecule has 2 saturated heterocycles. The molecule has 1 atom stereocenters. The zero-order valence-electron chi connectivity index (χ0n) is 23.4. The number of carbonyl (C=O) groups is 1. The van der Waals surface area contributed by atoms with E-state index in [1.54, 1.807) is 12.1 Å². The van der Waals surface area contributed by atoms with Crippen LogP contribution in [0, 0.1) is 5.82 Å². The Balaban J connectivity index is 1.18. The highest BCUT2D eigenvalue weighted by molar-refractivity contribution is 7.14. The average molecular weight is 579 g/mol. The summed E-state index contributed by atoms with van der Waals surface area (Å²) in [7, 11) is 1.97. The van der Waals surface area contributed by atoms with Crippen LogP contribution in [0.15, 0.2) is 41.8 Å². The average Bonchev–Trinajstić information content (AvgIpc) is 3.75. The highest BCUT2D eigenvalue weighted by atomic mass is 32.1. The molecule has 0 saturated carbocycles.